The SMILES string of the molecule is CCOC(CCCNC(=O)CCC(=O)O)OCC. The fraction of sp³-hybridized carbons (Fsp3) is 0.833. The molecule has 6 heteroatoms. The topological polar surface area (TPSA) is 84.9 Å². The van der Waals surface area contributed by atoms with E-state index in [0.717, 1.165) is 6.42 Å². The second-order valence-electron chi connectivity index (χ2n) is 3.73. The normalized spacial score (nSPS) is 10.6. The molecule has 0 aliphatic rings. The Balaban J connectivity index is 3.57. The summed E-state index contributed by atoms with van der Waals surface area (Å²) in [5, 5.41) is 11.1. The molecule has 0 aliphatic heterocycles. The summed E-state index contributed by atoms with van der Waals surface area (Å²) < 4.78 is 10.7. The zero-order chi connectivity index (χ0) is 13.8. The van der Waals surface area contributed by atoms with E-state index in [1.54, 1.807) is 0 Å². The molecule has 0 saturated heterocycles. The Morgan fingerprint density at radius 2 is 1.78 bits per heavy atom. The summed E-state index contributed by atoms with van der Waals surface area (Å²) in [5.41, 5.74) is 0. The van der Waals surface area contributed by atoms with Gasteiger partial charge >= 0.3 is 5.97 Å². The van der Waals surface area contributed by atoms with Crippen molar-refractivity contribution in [1.29, 1.82) is 0 Å². The van der Waals surface area contributed by atoms with Gasteiger partial charge in [-0.15, -0.1) is 0 Å². The van der Waals surface area contributed by atoms with E-state index < -0.39 is 5.97 Å². The van der Waals surface area contributed by atoms with Crippen molar-refractivity contribution in [2.45, 2.75) is 45.8 Å². The number of hydrogen-bond donors (Lipinski definition) is 2. The summed E-state index contributed by atoms with van der Waals surface area (Å²) in [6.07, 6.45) is 1.11. The maximum atomic E-state index is 11.2. The van der Waals surface area contributed by atoms with Gasteiger partial charge in [-0.25, -0.2) is 0 Å². The van der Waals surface area contributed by atoms with Gasteiger partial charge in [0.1, 0.15) is 0 Å². The van der Waals surface area contributed by atoms with Crippen LogP contribution in [-0.4, -0.2) is 43.0 Å². The number of carbonyl (C=O) groups excluding carboxylic acids is 1. The fourth-order valence-corrected chi connectivity index (χ4v) is 1.39. The lowest BCUT2D eigenvalue weighted by Crippen LogP contribution is -2.26. The highest BCUT2D eigenvalue weighted by Gasteiger charge is 2.08. The Hall–Kier alpha value is -1.14. The summed E-state index contributed by atoms with van der Waals surface area (Å²) >= 11 is 0. The first-order chi connectivity index (χ1) is 8.60. The molecule has 0 atom stereocenters. The van der Waals surface area contributed by atoms with E-state index in [1.165, 1.54) is 0 Å². The number of ether oxygens (including phenoxy) is 2. The first kappa shape index (κ1) is 16.9. The molecule has 0 rings (SSSR count). The van der Waals surface area contributed by atoms with Crippen LogP contribution in [0, 0.1) is 0 Å². The lowest BCUT2D eigenvalue weighted by atomic mass is 10.2. The van der Waals surface area contributed by atoms with Crippen LogP contribution in [0.15, 0.2) is 0 Å². The molecule has 1 amide bonds. The van der Waals surface area contributed by atoms with E-state index in [9.17, 15) is 9.59 Å². The third kappa shape index (κ3) is 10.0. The van der Waals surface area contributed by atoms with Gasteiger partial charge in [-0.2, -0.15) is 0 Å². The molecule has 6 nitrogen and oxygen atoms in total. The van der Waals surface area contributed by atoms with Crippen molar-refractivity contribution in [3.05, 3.63) is 0 Å². The molecule has 0 fully saturated rings. The lowest BCUT2D eigenvalue weighted by Gasteiger charge is -2.16. The summed E-state index contributed by atoms with van der Waals surface area (Å²) in [6, 6.07) is 0. The third-order valence-corrected chi connectivity index (χ3v) is 2.21. The molecule has 0 unspecified atom stereocenters. The van der Waals surface area contributed by atoms with Gasteiger partial charge in [0.15, 0.2) is 6.29 Å². The standard InChI is InChI=1S/C12H23NO5/c1-3-17-12(18-4-2)6-5-9-13-10(14)7-8-11(15)16/h12H,3-9H2,1-2H3,(H,13,14)(H,15,16). The molecule has 0 aromatic heterocycles. The van der Waals surface area contributed by atoms with Crippen molar-refractivity contribution in [3.8, 4) is 0 Å². The van der Waals surface area contributed by atoms with Crippen LogP contribution >= 0.6 is 0 Å². The third-order valence-electron chi connectivity index (χ3n) is 2.21. The predicted molar refractivity (Wildman–Crippen MR) is 66.2 cm³/mol. The number of carbonyl (C=O) groups is 2. The minimum absolute atomic E-state index is 0.0235. The van der Waals surface area contributed by atoms with Gasteiger partial charge < -0.3 is 19.9 Å². The van der Waals surface area contributed by atoms with Crippen molar-refractivity contribution >= 4 is 11.9 Å². The van der Waals surface area contributed by atoms with Crippen LogP contribution in [0.1, 0.15) is 39.5 Å². The van der Waals surface area contributed by atoms with Crippen LogP contribution in [0.5, 0.6) is 0 Å². The van der Waals surface area contributed by atoms with Gasteiger partial charge in [-0.1, -0.05) is 0 Å². The van der Waals surface area contributed by atoms with E-state index in [-0.39, 0.29) is 25.0 Å². The molecule has 2 N–H and O–H groups in total. The first-order valence-electron chi connectivity index (χ1n) is 6.31. The Bertz CT molecular complexity index is 239. The number of rotatable bonds is 11. The number of carboxylic acids is 1. The van der Waals surface area contributed by atoms with Crippen molar-refractivity contribution in [1.82, 2.24) is 5.32 Å². The Morgan fingerprint density at radius 1 is 1.17 bits per heavy atom. The van der Waals surface area contributed by atoms with Crippen LogP contribution in [0.25, 0.3) is 0 Å². The number of hydrogen-bond acceptors (Lipinski definition) is 4. The lowest BCUT2D eigenvalue weighted by molar-refractivity contribution is -0.140. The minimum atomic E-state index is -0.960. The van der Waals surface area contributed by atoms with E-state index in [2.05, 4.69) is 5.32 Å². The molecule has 0 aromatic rings. The van der Waals surface area contributed by atoms with Gasteiger partial charge in [0.25, 0.3) is 0 Å². The number of nitrogens with one attached hydrogen (secondary N) is 1. The fourth-order valence-electron chi connectivity index (χ4n) is 1.39. The second kappa shape index (κ2) is 11.0. The Morgan fingerprint density at radius 3 is 2.28 bits per heavy atom. The van der Waals surface area contributed by atoms with Crippen LogP contribution in [0.3, 0.4) is 0 Å². The van der Waals surface area contributed by atoms with Gasteiger partial charge in [0.2, 0.25) is 5.91 Å². The molecule has 18 heavy (non-hydrogen) atoms. The molecule has 0 radical (unpaired) electrons. The van der Waals surface area contributed by atoms with Crippen LogP contribution < -0.4 is 5.32 Å². The minimum Gasteiger partial charge on any atom is -0.481 e. The molecular formula is C12H23NO5. The highest BCUT2D eigenvalue weighted by molar-refractivity contribution is 5.80. The second-order valence-corrected chi connectivity index (χ2v) is 3.73. The zero-order valence-corrected chi connectivity index (χ0v) is 11.1. The number of carboxylic acid groups (broad SMARTS) is 1. The summed E-state index contributed by atoms with van der Waals surface area (Å²) in [6.45, 7) is 5.50. The maximum absolute atomic E-state index is 11.2. The number of aliphatic carboxylic acids is 1. The largest absolute Gasteiger partial charge is 0.481 e. The quantitative estimate of drug-likeness (QED) is 0.430. The van der Waals surface area contributed by atoms with Gasteiger partial charge in [0.05, 0.1) is 6.42 Å². The summed E-state index contributed by atoms with van der Waals surface area (Å²) in [7, 11) is 0. The van der Waals surface area contributed by atoms with Gasteiger partial charge in [0, 0.05) is 32.6 Å². The number of amides is 1. The van der Waals surface area contributed by atoms with Crippen LogP contribution in [-0.2, 0) is 19.1 Å². The monoisotopic (exact) mass is 261 g/mol. The van der Waals surface area contributed by atoms with Crippen molar-refractivity contribution in [2.75, 3.05) is 19.8 Å². The maximum Gasteiger partial charge on any atom is 0.303 e. The van der Waals surface area contributed by atoms with E-state index in [0.29, 0.717) is 26.2 Å². The van der Waals surface area contributed by atoms with Crippen LogP contribution in [0.2, 0.25) is 0 Å². The predicted octanol–water partition coefficient (Wildman–Crippen LogP) is 1.15. The van der Waals surface area contributed by atoms with Gasteiger partial charge in [-0.3, -0.25) is 9.59 Å². The summed E-state index contributed by atoms with van der Waals surface area (Å²) in [5.74, 6) is -1.19. The van der Waals surface area contributed by atoms with E-state index in [4.69, 9.17) is 14.6 Å². The molecular weight excluding hydrogens is 238 g/mol. The van der Waals surface area contributed by atoms with Crippen molar-refractivity contribution < 1.29 is 24.2 Å². The Labute approximate surface area is 108 Å². The molecule has 0 aliphatic carbocycles. The average Bonchev–Trinajstić information content (AvgIpc) is 2.32. The highest BCUT2D eigenvalue weighted by Crippen LogP contribution is 2.03. The molecule has 0 spiro atoms. The van der Waals surface area contributed by atoms with Gasteiger partial charge in [-0.05, 0) is 20.3 Å². The molecule has 0 heterocycles. The van der Waals surface area contributed by atoms with E-state index in [1.807, 2.05) is 13.8 Å². The molecule has 0 aromatic carbocycles. The summed E-state index contributed by atoms with van der Waals surface area (Å²) in [4.78, 5) is 21.5. The Kier molecular flexibility index (Phi) is 10.3. The zero-order valence-electron chi connectivity index (χ0n) is 11.1. The smallest absolute Gasteiger partial charge is 0.303 e. The highest BCUT2D eigenvalue weighted by atomic mass is 16.7. The molecule has 0 bridgehead atoms. The van der Waals surface area contributed by atoms with Crippen LogP contribution in [0.4, 0.5) is 0 Å². The first-order valence-corrected chi connectivity index (χ1v) is 6.31. The average molecular weight is 261 g/mol. The van der Waals surface area contributed by atoms with E-state index >= 15 is 0 Å². The molecule has 0 saturated carbocycles. The van der Waals surface area contributed by atoms with Crippen molar-refractivity contribution in [3.63, 3.8) is 0 Å². The molecule has 106 valence electrons. The van der Waals surface area contributed by atoms with Crippen molar-refractivity contribution in [2.24, 2.45) is 0 Å².